The number of hydrogen-bond donors (Lipinski definition) is 1. The van der Waals surface area contributed by atoms with Crippen LogP contribution in [0.5, 0.6) is 5.75 Å². The first-order chi connectivity index (χ1) is 13.4. The summed E-state index contributed by atoms with van der Waals surface area (Å²) >= 11 is 0. The topological polar surface area (TPSA) is 81.6 Å². The minimum atomic E-state index is -0.224. The fourth-order valence-corrected chi connectivity index (χ4v) is 3.19. The molecular formula is C22H21N3O3. The van der Waals surface area contributed by atoms with E-state index in [0.29, 0.717) is 29.4 Å². The zero-order valence-electron chi connectivity index (χ0n) is 16.0. The maximum absolute atomic E-state index is 13.2. The summed E-state index contributed by atoms with van der Waals surface area (Å²) in [6.07, 6.45) is 1.74. The van der Waals surface area contributed by atoms with E-state index in [1.807, 2.05) is 45.0 Å². The number of carbonyl (C=O) groups is 1. The molecule has 3 aromatic rings. The molecule has 1 aliphatic rings. The normalized spacial score (nSPS) is 14.9. The summed E-state index contributed by atoms with van der Waals surface area (Å²) in [5.74, 6) is 1.26. The molecule has 1 aromatic heterocycles. The summed E-state index contributed by atoms with van der Waals surface area (Å²) in [5, 5.41) is 3.99. The summed E-state index contributed by atoms with van der Waals surface area (Å²) < 4.78 is 11.2. The number of aryl methyl sites for hydroxylation is 3. The third kappa shape index (κ3) is 3.24. The summed E-state index contributed by atoms with van der Waals surface area (Å²) in [5.41, 5.74) is 10.9. The minimum Gasteiger partial charge on any atom is -0.449 e. The summed E-state index contributed by atoms with van der Waals surface area (Å²) in [6.45, 7) is 6.06. The molecular weight excluding hydrogens is 354 g/mol. The molecule has 0 fully saturated rings. The first-order valence-electron chi connectivity index (χ1n) is 9.02. The SMILES string of the molecule is Cc1ccc(/C=C2/Oc3cc(N)ccc3N(Cc3c(C)noc3C)C2=O)cc1. The fraction of sp³-hybridized carbons (Fsp3) is 0.182. The molecule has 0 saturated heterocycles. The summed E-state index contributed by atoms with van der Waals surface area (Å²) in [4.78, 5) is 14.9. The van der Waals surface area contributed by atoms with Gasteiger partial charge in [-0.3, -0.25) is 9.69 Å². The molecule has 0 aliphatic carbocycles. The van der Waals surface area contributed by atoms with Crippen molar-refractivity contribution in [3.8, 4) is 5.75 Å². The number of nitrogen functional groups attached to an aromatic ring is 1. The molecule has 4 rings (SSSR count). The third-order valence-corrected chi connectivity index (χ3v) is 4.82. The second-order valence-corrected chi connectivity index (χ2v) is 6.94. The van der Waals surface area contributed by atoms with E-state index in [1.54, 1.807) is 29.2 Å². The van der Waals surface area contributed by atoms with E-state index in [1.165, 1.54) is 0 Å². The van der Waals surface area contributed by atoms with Crippen molar-refractivity contribution in [1.29, 1.82) is 0 Å². The van der Waals surface area contributed by atoms with Gasteiger partial charge in [0.25, 0.3) is 5.91 Å². The van der Waals surface area contributed by atoms with Crippen LogP contribution in [0.25, 0.3) is 6.08 Å². The molecule has 0 bridgehead atoms. The molecule has 142 valence electrons. The molecule has 6 nitrogen and oxygen atoms in total. The Morgan fingerprint density at radius 3 is 2.54 bits per heavy atom. The maximum atomic E-state index is 13.2. The Morgan fingerprint density at radius 2 is 1.86 bits per heavy atom. The highest BCUT2D eigenvalue weighted by molar-refractivity contribution is 6.10. The minimum absolute atomic E-state index is 0.224. The van der Waals surface area contributed by atoms with E-state index in [9.17, 15) is 4.79 Å². The Balaban J connectivity index is 1.78. The standard InChI is InChI=1S/C22H21N3O3/c1-13-4-6-16(7-5-13)10-21-22(26)25(12-18-14(2)24-28-15(18)3)19-9-8-17(23)11-20(19)27-21/h4-11H,12,23H2,1-3H3/b21-10+. The highest BCUT2D eigenvalue weighted by atomic mass is 16.5. The van der Waals surface area contributed by atoms with Gasteiger partial charge in [0.05, 0.1) is 17.9 Å². The van der Waals surface area contributed by atoms with Gasteiger partial charge in [0, 0.05) is 17.3 Å². The summed E-state index contributed by atoms with van der Waals surface area (Å²) in [7, 11) is 0. The van der Waals surface area contributed by atoms with Crippen molar-refractivity contribution in [2.75, 3.05) is 10.6 Å². The van der Waals surface area contributed by atoms with Gasteiger partial charge in [0.2, 0.25) is 0 Å². The number of nitrogens with zero attached hydrogens (tertiary/aromatic N) is 2. The molecule has 0 spiro atoms. The number of rotatable bonds is 3. The molecule has 1 amide bonds. The molecule has 0 unspecified atom stereocenters. The lowest BCUT2D eigenvalue weighted by Crippen LogP contribution is -2.37. The van der Waals surface area contributed by atoms with Crippen LogP contribution in [0, 0.1) is 20.8 Å². The van der Waals surface area contributed by atoms with Gasteiger partial charge in [-0.1, -0.05) is 35.0 Å². The first-order valence-corrected chi connectivity index (χ1v) is 9.02. The average Bonchev–Trinajstić information content (AvgIpc) is 2.98. The van der Waals surface area contributed by atoms with Crippen molar-refractivity contribution < 1.29 is 14.1 Å². The Labute approximate surface area is 163 Å². The van der Waals surface area contributed by atoms with Crippen LogP contribution < -0.4 is 15.4 Å². The smallest absolute Gasteiger partial charge is 0.294 e. The zero-order chi connectivity index (χ0) is 19.8. The molecule has 6 heteroatoms. The number of aromatic nitrogens is 1. The van der Waals surface area contributed by atoms with Crippen LogP contribution in [0.1, 0.15) is 28.1 Å². The quantitative estimate of drug-likeness (QED) is 0.549. The molecule has 2 N–H and O–H groups in total. The first kappa shape index (κ1) is 17.9. The lowest BCUT2D eigenvalue weighted by Gasteiger charge is -2.30. The number of benzene rings is 2. The molecule has 28 heavy (non-hydrogen) atoms. The van der Waals surface area contributed by atoms with Gasteiger partial charge in [0.15, 0.2) is 11.5 Å². The fourth-order valence-electron chi connectivity index (χ4n) is 3.19. The van der Waals surface area contributed by atoms with Crippen LogP contribution in [-0.4, -0.2) is 11.1 Å². The molecule has 0 saturated carbocycles. The summed E-state index contributed by atoms with van der Waals surface area (Å²) in [6, 6.07) is 13.2. The predicted molar refractivity (Wildman–Crippen MR) is 108 cm³/mol. The molecule has 0 radical (unpaired) electrons. The molecule has 2 heterocycles. The van der Waals surface area contributed by atoms with Crippen LogP contribution >= 0.6 is 0 Å². The Morgan fingerprint density at radius 1 is 1.11 bits per heavy atom. The average molecular weight is 375 g/mol. The third-order valence-electron chi connectivity index (χ3n) is 4.82. The molecule has 2 aromatic carbocycles. The van der Waals surface area contributed by atoms with Crippen molar-refractivity contribution in [2.24, 2.45) is 0 Å². The number of ether oxygens (including phenoxy) is 1. The van der Waals surface area contributed by atoms with Crippen molar-refractivity contribution in [3.05, 3.63) is 76.4 Å². The van der Waals surface area contributed by atoms with Gasteiger partial charge < -0.3 is 15.0 Å². The maximum Gasteiger partial charge on any atom is 0.294 e. The van der Waals surface area contributed by atoms with Crippen LogP contribution in [0.2, 0.25) is 0 Å². The molecule has 1 aliphatic heterocycles. The lowest BCUT2D eigenvalue weighted by molar-refractivity contribution is -0.117. The number of hydrogen-bond acceptors (Lipinski definition) is 5. The number of nitrogens with two attached hydrogens (primary N) is 1. The van der Waals surface area contributed by atoms with Crippen molar-refractivity contribution >= 4 is 23.4 Å². The second kappa shape index (κ2) is 6.88. The number of anilines is 2. The van der Waals surface area contributed by atoms with Gasteiger partial charge in [0.1, 0.15) is 5.76 Å². The van der Waals surface area contributed by atoms with E-state index < -0.39 is 0 Å². The lowest BCUT2D eigenvalue weighted by atomic mass is 10.1. The van der Waals surface area contributed by atoms with Gasteiger partial charge in [-0.15, -0.1) is 0 Å². The van der Waals surface area contributed by atoms with Crippen LogP contribution in [0.3, 0.4) is 0 Å². The monoisotopic (exact) mass is 375 g/mol. The Bertz CT molecular complexity index is 1060. The van der Waals surface area contributed by atoms with Crippen LogP contribution in [0.15, 0.2) is 52.7 Å². The van der Waals surface area contributed by atoms with Gasteiger partial charge >= 0.3 is 0 Å². The van der Waals surface area contributed by atoms with Crippen molar-refractivity contribution in [2.45, 2.75) is 27.3 Å². The second-order valence-electron chi connectivity index (χ2n) is 6.94. The zero-order valence-corrected chi connectivity index (χ0v) is 16.0. The highest BCUT2D eigenvalue weighted by Gasteiger charge is 2.32. The number of fused-ring (bicyclic) bond motifs is 1. The van der Waals surface area contributed by atoms with E-state index in [0.717, 1.165) is 22.4 Å². The van der Waals surface area contributed by atoms with Crippen molar-refractivity contribution in [3.63, 3.8) is 0 Å². The van der Waals surface area contributed by atoms with Gasteiger partial charge in [-0.25, -0.2) is 0 Å². The van der Waals surface area contributed by atoms with E-state index in [4.69, 9.17) is 15.0 Å². The van der Waals surface area contributed by atoms with Gasteiger partial charge in [-0.05, 0) is 44.5 Å². The highest BCUT2D eigenvalue weighted by Crippen LogP contribution is 2.38. The van der Waals surface area contributed by atoms with E-state index in [-0.39, 0.29) is 11.7 Å². The predicted octanol–water partition coefficient (Wildman–Crippen LogP) is 4.15. The van der Waals surface area contributed by atoms with E-state index in [2.05, 4.69) is 5.16 Å². The Kier molecular flexibility index (Phi) is 4.39. The largest absolute Gasteiger partial charge is 0.449 e. The number of carbonyl (C=O) groups excluding carboxylic acids is 1. The van der Waals surface area contributed by atoms with Crippen molar-refractivity contribution in [1.82, 2.24) is 5.16 Å². The van der Waals surface area contributed by atoms with Crippen LogP contribution in [-0.2, 0) is 11.3 Å². The Hall–Kier alpha value is -3.54. The van der Waals surface area contributed by atoms with Gasteiger partial charge in [-0.2, -0.15) is 0 Å². The number of amides is 1. The molecule has 0 atom stereocenters. The van der Waals surface area contributed by atoms with Crippen LogP contribution in [0.4, 0.5) is 11.4 Å². The van der Waals surface area contributed by atoms with E-state index >= 15 is 0 Å².